The Balaban J connectivity index is 1.97. The molecule has 9 heavy (non-hydrogen) atoms. The molecule has 2 saturated carbocycles. The van der Waals surface area contributed by atoms with Gasteiger partial charge < -0.3 is 5.11 Å². The lowest BCUT2D eigenvalue weighted by atomic mass is 10.0. The van der Waals surface area contributed by atoms with Gasteiger partial charge in [0.15, 0.2) is 0 Å². The van der Waals surface area contributed by atoms with Crippen LogP contribution >= 0.6 is 0 Å². The van der Waals surface area contributed by atoms with Gasteiger partial charge in [0.25, 0.3) is 0 Å². The van der Waals surface area contributed by atoms with Crippen LogP contribution in [0.2, 0.25) is 0 Å². The molecular weight excluding hydrogens is 116 g/mol. The molecule has 2 rings (SSSR count). The van der Waals surface area contributed by atoms with Crippen LogP contribution in [0.3, 0.4) is 0 Å². The molecule has 2 aliphatic rings. The number of carboxylic acids is 1. The van der Waals surface area contributed by atoms with E-state index < -0.39 is 5.97 Å². The van der Waals surface area contributed by atoms with Crippen molar-refractivity contribution in [3.63, 3.8) is 0 Å². The molecule has 0 aromatic heterocycles. The number of carbonyl (C=O) groups is 1. The highest BCUT2D eigenvalue weighted by Crippen LogP contribution is 2.54. The van der Waals surface area contributed by atoms with Crippen LogP contribution in [0.15, 0.2) is 0 Å². The number of hydrogen-bond acceptors (Lipinski definition) is 1. The summed E-state index contributed by atoms with van der Waals surface area (Å²) in [5.41, 5.74) is 0. The molecule has 50 valence electrons. The van der Waals surface area contributed by atoms with Gasteiger partial charge in [-0.2, -0.15) is 0 Å². The monoisotopic (exact) mass is 126 g/mol. The highest BCUT2D eigenvalue weighted by Gasteiger charge is 2.47. The van der Waals surface area contributed by atoms with Crippen molar-refractivity contribution >= 4 is 5.97 Å². The summed E-state index contributed by atoms with van der Waals surface area (Å²) in [7, 11) is 0. The first-order valence-corrected chi connectivity index (χ1v) is 3.50. The molecular formula is C7H10O2. The van der Waals surface area contributed by atoms with E-state index in [0.29, 0.717) is 0 Å². The Bertz CT molecular complexity index is 143. The summed E-state index contributed by atoms with van der Waals surface area (Å²) in [5, 5.41) is 8.55. The number of fused-ring (bicyclic) bond motifs is 1. The number of rotatable bonds is 1. The predicted molar refractivity (Wildman–Crippen MR) is 32.0 cm³/mol. The van der Waals surface area contributed by atoms with Gasteiger partial charge in [0.2, 0.25) is 0 Å². The Hall–Kier alpha value is -0.530. The Morgan fingerprint density at radius 3 is 2.11 bits per heavy atom. The Morgan fingerprint density at radius 1 is 1.22 bits per heavy atom. The summed E-state index contributed by atoms with van der Waals surface area (Å²) >= 11 is 0. The van der Waals surface area contributed by atoms with Crippen LogP contribution in [0.1, 0.15) is 19.3 Å². The smallest absolute Gasteiger partial charge is 0.306 e. The fraction of sp³-hybridized carbons (Fsp3) is 0.857. The summed E-state index contributed by atoms with van der Waals surface area (Å²) < 4.78 is 0. The van der Waals surface area contributed by atoms with E-state index in [-0.39, 0.29) is 5.92 Å². The van der Waals surface area contributed by atoms with Crippen LogP contribution in [0.5, 0.6) is 0 Å². The summed E-state index contributed by atoms with van der Waals surface area (Å²) in [4.78, 5) is 10.4. The lowest BCUT2D eigenvalue weighted by molar-refractivity contribution is -0.141. The molecule has 2 fully saturated rings. The van der Waals surface area contributed by atoms with Crippen LogP contribution in [-0.2, 0) is 4.79 Å². The van der Waals surface area contributed by atoms with E-state index in [4.69, 9.17) is 5.11 Å². The Kier molecular flexibility index (Phi) is 0.875. The maximum atomic E-state index is 10.4. The van der Waals surface area contributed by atoms with E-state index in [9.17, 15) is 4.79 Å². The molecule has 0 radical (unpaired) electrons. The second-order valence-electron chi connectivity index (χ2n) is 3.26. The highest BCUT2D eigenvalue weighted by molar-refractivity contribution is 5.70. The van der Waals surface area contributed by atoms with Crippen molar-refractivity contribution in [3.05, 3.63) is 0 Å². The van der Waals surface area contributed by atoms with Crippen LogP contribution in [0, 0.1) is 17.8 Å². The van der Waals surface area contributed by atoms with Crippen LogP contribution in [0.4, 0.5) is 0 Å². The van der Waals surface area contributed by atoms with E-state index in [0.717, 1.165) is 24.7 Å². The molecule has 2 atom stereocenters. The van der Waals surface area contributed by atoms with Gasteiger partial charge in [-0.3, -0.25) is 4.79 Å². The normalized spacial score (nSPS) is 46.4. The summed E-state index contributed by atoms with van der Waals surface area (Å²) in [6, 6.07) is 0. The Morgan fingerprint density at radius 2 is 1.78 bits per heavy atom. The molecule has 0 amide bonds. The molecule has 1 N–H and O–H groups in total. The zero-order valence-corrected chi connectivity index (χ0v) is 5.21. The minimum absolute atomic E-state index is 0.00810. The van der Waals surface area contributed by atoms with Crippen LogP contribution < -0.4 is 0 Å². The third-order valence-corrected chi connectivity index (χ3v) is 2.59. The minimum atomic E-state index is -0.581. The summed E-state index contributed by atoms with van der Waals surface area (Å²) in [6.45, 7) is 0. The lowest BCUT2D eigenvalue weighted by Crippen LogP contribution is -2.10. The molecule has 2 unspecified atom stereocenters. The molecule has 0 aromatic carbocycles. The average Bonchev–Trinajstić information content (AvgIpc) is 2.40. The average molecular weight is 126 g/mol. The van der Waals surface area contributed by atoms with Crippen molar-refractivity contribution in [2.45, 2.75) is 19.3 Å². The zero-order chi connectivity index (χ0) is 6.43. The van der Waals surface area contributed by atoms with Crippen molar-refractivity contribution in [2.75, 3.05) is 0 Å². The predicted octanol–water partition coefficient (Wildman–Crippen LogP) is 1.12. The second-order valence-corrected chi connectivity index (χ2v) is 3.26. The standard InChI is InChI=1S/C7H10O2/c8-7(9)6-2-4-1-5(4)3-6/h4-6H,1-3H2,(H,8,9). The maximum Gasteiger partial charge on any atom is 0.306 e. The van der Waals surface area contributed by atoms with Crippen molar-refractivity contribution in [1.82, 2.24) is 0 Å². The van der Waals surface area contributed by atoms with E-state index in [1.807, 2.05) is 0 Å². The van der Waals surface area contributed by atoms with Crippen molar-refractivity contribution < 1.29 is 9.90 Å². The molecule has 0 bridgehead atoms. The third-order valence-electron chi connectivity index (χ3n) is 2.59. The van der Waals surface area contributed by atoms with E-state index >= 15 is 0 Å². The van der Waals surface area contributed by atoms with E-state index in [2.05, 4.69) is 0 Å². The Labute approximate surface area is 53.9 Å². The SMILES string of the molecule is O=C(O)C1CC2CC2C1. The molecule has 2 aliphatic carbocycles. The van der Waals surface area contributed by atoms with Gasteiger partial charge in [-0.05, 0) is 31.1 Å². The molecule has 0 saturated heterocycles. The largest absolute Gasteiger partial charge is 0.481 e. The fourth-order valence-corrected chi connectivity index (χ4v) is 1.92. The molecule has 2 nitrogen and oxygen atoms in total. The van der Waals surface area contributed by atoms with Crippen LogP contribution in [0.25, 0.3) is 0 Å². The quantitative estimate of drug-likeness (QED) is 0.571. The van der Waals surface area contributed by atoms with Gasteiger partial charge >= 0.3 is 5.97 Å². The maximum absolute atomic E-state index is 10.4. The van der Waals surface area contributed by atoms with Crippen molar-refractivity contribution in [2.24, 2.45) is 17.8 Å². The third kappa shape index (κ3) is 0.732. The number of carboxylic acid groups (broad SMARTS) is 1. The first-order valence-electron chi connectivity index (χ1n) is 3.50. The van der Waals surface area contributed by atoms with Gasteiger partial charge in [0.1, 0.15) is 0 Å². The number of aliphatic carboxylic acids is 1. The summed E-state index contributed by atoms with van der Waals surface area (Å²) in [5.74, 6) is 1.02. The van der Waals surface area contributed by atoms with Crippen molar-refractivity contribution in [3.8, 4) is 0 Å². The highest BCUT2D eigenvalue weighted by atomic mass is 16.4. The van der Waals surface area contributed by atoms with Gasteiger partial charge in [0.05, 0.1) is 5.92 Å². The van der Waals surface area contributed by atoms with Gasteiger partial charge in [-0.1, -0.05) is 0 Å². The van der Waals surface area contributed by atoms with E-state index in [1.54, 1.807) is 0 Å². The zero-order valence-electron chi connectivity index (χ0n) is 5.21. The van der Waals surface area contributed by atoms with Gasteiger partial charge in [-0.15, -0.1) is 0 Å². The molecule has 0 aromatic rings. The van der Waals surface area contributed by atoms with Crippen molar-refractivity contribution in [1.29, 1.82) is 0 Å². The molecule has 0 heterocycles. The minimum Gasteiger partial charge on any atom is -0.481 e. The lowest BCUT2D eigenvalue weighted by Gasteiger charge is -2.02. The van der Waals surface area contributed by atoms with Gasteiger partial charge in [0, 0.05) is 0 Å². The molecule has 2 heteroatoms. The second kappa shape index (κ2) is 1.49. The van der Waals surface area contributed by atoms with Crippen LogP contribution in [-0.4, -0.2) is 11.1 Å². The first kappa shape index (κ1) is 5.27. The van der Waals surface area contributed by atoms with E-state index in [1.165, 1.54) is 6.42 Å². The fourth-order valence-electron chi connectivity index (χ4n) is 1.92. The van der Waals surface area contributed by atoms with Gasteiger partial charge in [-0.25, -0.2) is 0 Å². The first-order chi connectivity index (χ1) is 4.27. The number of hydrogen-bond donors (Lipinski definition) is 1. The topological polar surface area (TPSA) is 37.3 Å². The molecule has 0 aliphatic heterocycles. The summed E-state index contributed by atoms with van der Waals surface area (Å²) in [6.07, 6.45) is 3.23. The molecule has 0 spiro atoms.